The number of hydrogen-bond donors (Lipinski definition) is 1. The topological polar surface area (TPSA) is 59.9 Å². The van der Waals surface area contributed by atoms with E-state index in [1.165, 1.54) is 11.7 Å². The minimum atomic E-state index is -0.211. The van der Waals surface area contributed by atoms with Gasteiger partial charge in [-0.25, -0.2) is 5.10 Å². The zero-order valence-electron chi connectivity index (χ0n) is 10.1. The molecule has 19 heavy (non-hydrogen) atoms. The number of benzene rings is 1. The molecule has 0 aliphatic rings. The number of pyridine rings is 1. The lowest BCUT2D eigenvalue weighted by molar-refractivity contribution is 0.397. The predicted molar refractivity (Wildman–Crippen MR) is 73.3 cm³/mol. The van der Waals surface area contributed by atoms with Crippen molar-refractivity contribution in [1.29, 1.82) is 0 Å². The van der Waals surface area contributed by atoms with Crippen molar-refractivity contribution in [2.75, 3.05) is 7.11 Å². The Balaban J connectivity index is 2.28. The average Bonchev–Trinajstić information content (AvgIpc) is 2.88. The summed E-state index contributed by atoms with van der Waals surface area (Å²) in [4.78, 5) is 12.4. The van der Waals surface area contributed by atoms with Crippen molar-refractivity contribution in [3.63, 3.8) is 0 Å². The summed E-state index contributed by atoms with van der Waals surface area (Å²) >= 11 is 6.09. The second kappa shape index (κ2) is 4.44. The maximum Gasteiger partial charge on any atom is 0.265 e. The van der Waals surface area contributed by atoms with E-state index >= 15 is 0 Å². The summed E-state index contributed by atoms with van der Waals surface area (Å²) < 4.78 is 6.43. The number of fused-ring (bicyclic) bond motifs is 1. The normalized spacial score (nSPS) is 10.8. The zero-order valence-corrected chi connectivity index (χ0v) is 10.8. The van der Waals surface area contributed by atoms with E-state index in [1.807, 2.05) is 18.2 Å². The maximum atomic E-state index is 12.4. The molecule has 1 aromatic carbocycles. The smallest absolute Gasteiger partial charge is 0.265 e. The van der Waals surface area contributed by atoms with E-state index in [-0.39, 0.29) is 5.56 Å². The lowest BCUT2D eigenvalue weighted by Crippen LogP contribution is -2.18. The first kappa shape index (κ1) is 11.8. The Morgan fingerprint density at radius 2 is 2.21 bits per heavy atom. The van der Waals surface area contributed by atoms with Crippen LogP contribution in [0.4, 0.5) is 0 Å². The number of aromatic nitrogens is 3. The van der Waals surface area contributed by atoms with Gasteiger partial charge in [0.15, 0.2) is 5.82 Å². The third-order valence-electron chi connectivity index (χ3n) is 2.89. The van der Waals surface area contributed by atoms with Crippen molar-refractivity contribution in [1.82, 2.24) is 14.8 Å². The summed E-state index contributed by atoms with van der Waals surface area (Å²) in [5.41, 5.74) is -0.211. The Labute approximate surface area is 113 Å². The molecule has 0 aliphatic carbocycles. The van der Waals surface area contributed by atoms with Gasteiger partial charge in [0, 0.05) is 12.3 Å². The van der Waals surface area contributed by atoms with Gasteiger partial charge < -0.3 is 4.74 Å². The van der Waals surface area contributed by atoms with Crippen molar-refractivity contribution in [3.8, 4) is 11.7 Å². The third kappa shape index (κ3) is 1.88. The summed E-state index contributed by atoms with van der Waals surface area (Å²) in [5.74, 6) is 0.949. The van der Waals surface area contributed by atoms with Gasteiger partial charge >= 0.3 is 0 Å². The van der Waals surface area contributed by atoms with Gasteiger partial charge in [-0.1, -0.05) is 23.7 Å². The van der Waals surface area contributed by atoms with Gasteiger partial charge in [0.25, 0.3) is 5.56 Å². The van der Waals surface area contributed by atoms with E-state index in [0.29, 0.717) is 22.1 Å². The number of ether oxygens (including phenoxy) is 1. The SMILES string of the molecule is COc1cc(-n2ccc3cccc(Cl)c3c2=O)n[nH]1. The molecule has 1 N–H and O–H groups in total. The highest BCUT2D eigenvalue weighted by Crippen LogP contribution is 2.20. The fraction of sp³-hybridized carbons (Fsp3) is 0.0769. The van der Waals surface area contributed by atoms with Crippen molar-refractivity contribution in [3.05, 3.63) is 51.9 Å². The molecule has 0 spiro atoms. The Morgan fingerprint density at radius 1 is 1.37 bits per heavy atom. The van der Waals surface area contributed by atoms with Crippen LogP contribution in [0.15, 0.2) is 41.3 Å². The Bertz CT molecular complexity index is 807. The highest BCUT2D eigenvalue weighted by molar-refractivity contribution is 6.35. The molecular formula is C13H10ClN3O2. The van der Waals surface area contributed by atoms with Gasteiger partial charge in [-0.2, -0.15) is 5.10 Å². The van der Waals surface area contributed by atoms with Crippen LogP contribution >= 0.6 is 11.6 Å². The predicted octanol–water partition coefficient (Wildman–Crippen LogP) is 2.38. The molecule has 3 aromatic rings. The van der Waals surface area contributed by atoms with Crippen molar-refractivity contribution >= 4 is 22.4 Å². The molecule has 2 aromatic heterocycles. The molecule has 96 valence electrons. The summed E-state index contributed by atoms with van der Waals surface area (Å²) in [6.45, 7) is 0. The molecule has 5 nitrogen and oxygen atoms in total. The maximum absolute atomic E-state index is 12.4. The van der Waals surface area contributed by atoms with Crippen LogP contribution in [0.2, 0.25) is 5.02 Å². The summed E-state index contributed by atoms with van der Waals surface area (Å²) in [5, 5.41) is 8.42. The zero-order chi connectivity index (χ0) is 13.4. The average molecular weight is 276 g/mol. The molecule has 0 fully saturated rings. The lowest BCUT2D eigenvalue weighted by Gasteiger charge is -2.04. The summed E-state index contributed by atoms with van der Waals surface area (Å²) in [6, 6.07) is 8.82. The van der Waals surface area contributed by atoms with Gasteiger partial charge in [0.05, 0.1) is 17.5 Å². The molecule has 0 aliphatic heterocycles. The fourth-order valence-electron chi connectivity index (χ4n) is 1.95. The number of rotatable bonds is 2. The van der Waals surface area contributed by atoms with Gasteiger partial charge in [0.2, 0.25) is 5.88 Å². The second-order valence-electron chi connectivity index (χ2n) is 3.99. The van der Waals surface area contributed by atoms with E-state index in [4.69, 9.17) is 16.3 Å². The number of nitrogens with zero attached hydrogens (tertiary/aromatic N) is 2. The monoisotopic (exact) mass is 275 g/mol. The Hall–Kier alpha value is -2.27. The second-order valence-corrected chi connectivity index (χ2v) is 4.40. The number of hydrogen-bond acceptors (Lipinski definition) is 3. The van der Waals surface area contributed by atoms with Crippen LogP contribution in [0.3, 0.4) is 0 Å². The van der Waals surface area contributed by atoms with E-state index in [1.54, 1.807) is 18.3 Å². The van der Waals surface area contributed by atoms with Gasteiger partial charge in [-0.15, -0.1) is 0 Å². The molecule has 3 rings (SSSR count). The number of H-pyrrole nitrogens is 1. The largest absolute Gasteiger partial charge is 0.481 e. The van der Waals surface area contributed by atoms with Crippen LogP contribution in [-0.4, -0.2) is 21.9 Å². The van der Waals surface area contributed by atoms with Crippen LogP contribution in [0.1, 0.15) is 0 Å². The van der Waals surface area contributed by atoms with E-state index in [9.17, 15) is 4.79 Å². The Kier molecular flexibility index (Phi) is 2.76. The highest BCUT2D eigenvalue weighted by Gasteiger charge is 2.10. The minimum absolute atomic E-state index is 0.211. The number of aromatic amines is 1. The van der Waals surface area contributed by atoms with Crippen molar-refractivity contribution in [2.24, 2.45) is 0 Å². The quantitative estimate of drug-likeness (QED) is 0.781. The number of nitrogens with one attached hydrogen (secondary N) is 1. The van der Waals surface area contributed by atoms with Crippen LogP contribution < -0.4 is 10.3 Å². The molecule has 6 heteroatoms. The molecule has 0 radical (unpaired) electrons. The molecule has 2 heterocycles. The summed E-state index contributed by atoms with van der Waals surface area (Å²) in [6.07, 6.45) is 1.66. The lowest BCUT2D eigenvalue weighted by atomic mass is 10.2. The minimum Gasteiger partial charge on any atom is -0.481 e. The molecule has 0 unspecified atom stereocenters. The summed E-state index contributed by atoms with van der Waals surface area (Å²) in [7, 11) is 1.53. The van der Waals surface area contributed by atoms with Crippen LogP contribution in [0.25, 0.3) is 16.6 Å². The molecular weight excluding hydrogens is 266 g/mol. The van der Waals surface area contributed by atoms with Crippen LogP contribution in [0.5, 0.6) is 5.88 Å². The van der Waals surface area contributed by atoms with Crippen molar-refractivity contribution in [2.45, 2.75) is 0 Å². The first-order valence-corrected chi connectivity index (χ1v) is 5.98. The molecule has 0 bridgehead atoms. The Morgan fingerprint density at radius 3 is 2.95 bits per heavy atom. The van der Waals surface area contributed by atoms with Crippen LogP contribution in [-0.2, 0) is 0 Å². The first-order chi connectivity index (χ1) is 9.20. The molecule has 0 saturated heterocycles. The van der Waals surface area contributed by atoms with Crippen LogP contribution in [0, 0.1) is 0 Å². The highest BCUT2D eigenvalue weighted by atomic mass is 35.5. The van der Waals surface area contributed by atoms with Gasteiger partial charge in [-0.05, 0) is 17.5 Å². The molecule has 0 amide bonds. The molecule has 0 atom stereocenters. The number of methoxy groups -OCH3 is 1. The fourth-order valence-corrected chi connectivity index (χ4v) is 2.21. The first-order valence-electron chi connectivity index (χ1n) is 5.60. The van der Waals surface area contributed by atoms with Gasteiger partial charge in [0.1, 0.15) is 0 Å². The standard InChI is InChI=1S/C13H10ClN3O2/c1-19-11-7-10(15-16-11)17-6-5-8-3-2-4-9(14)12(8)13(17)18/h2-7H,1H3,(H,15,16). The molecule has 0 saturated carbocycles. The van der Waals surface area contributed by atoms with E-state index in [0.717, 1.165) is 5.39 Å². The van der Waals surface area contributed by atoms with E-state index in [2.05, 4.69) is 10.2 Å². The third-order valence-corrected chi connectivity index (χ3v) is 3.20. The van der Waals surface area contributed by atoms with Gasteiger partial charge in [-0.3, -0.25) is 9.36 Å². The number of halogens is 1. The van der Waals surface area contributed by atoms with E-state index < -0.39 is 0 Å². The van der Waals surface area contributed by atoms with Crippen molar-refractivity contribution < 1.29 is 4.74 Å².